The van der Waals surface area contributed by atoms with E-state index in [0.717, 1.165) is 0 Å². The fourth-order valence-corrected chi connectivity index (χ4v) is 3.53. The van der Waals surface area contributed by atoms with Gasteiger partial charge in [-0.1, -0.05) is 24.3 Å². The van der Waals surface area contributed by atoms with Gasteiger partial charge in [0.05, 0.1) is 6.42 Å². The van der Waals surface area contributed by atoms with Crippen molar-refractivity contribution in [1.29, 1.82) is 0 Å². The van der Waals surface area contributed by atoms with E-state index in [2.05, 4.69) is 0 Å². The number of hydrogen-bond acceptors (Lipinski definition) is 7. The van der Waals surface area contributed by atoms with Gasteiger partial charge in [0.15, 0.2) is 23.0 Å². The van der Waals surface area contributed by atoms with Crippen LogP contribution in [0.25, 0.3) is 12.2 Å². The molecule has 30 heavy (non-hydrogen) atoms. The van der Waals surface area contributed by atoms with Gasteiger partial charge in [-0.15, -0.1) is 0 Å². The smallest absolute Gasteiger partial charge is 0.312 e. The van der Waals surface area contributed by atoms with Crippen molar-refractivity contribution < 1.29 is 35.1 Å². The van der Waals surface area contributed by atoms with Crippen molar-refractivity contribution in [2.75, 3.05) is 0 Å². The Kier molecular flexibility index (Phi) is 4.71. The number of esters is 1. The lowest BCUT2D eigenvalue weighted by Crippen LogP contribution is -2.21. The monoisotopic (exact) mass is 406 g/mol. The van der Waals surface area contributed by atoms with Crippen molar-refractivity contribution in [3.63, 3.8) is 0 Å². The highest BCUT2D eigenvalue weighted by Crippen LogP contribution is 2.44. The Bertz CT molecular complexity index is 1180. The molecule has 3 aromatic carbocycles. The van der Waals surface area contributed by atoms with Crippen molar-refractivity contribution in [1.82, 2.24) is 0 Å². The molecule has 4 rings (SSSR count). The van der Waals surface area contributed by atoms with Gasteiger partial charge in [-0.3, -0.25) is 4.79 Å². The zero-order valence-electron chi connectivity index (χ0n) is 15.6. The highest BCUT2D eigenvalue weighted by atomic mass is 16.5. The van der Waals surface area contributed by atoms with E-state index in [-0.39, 0.29) is 40.9 Å². The summed E-state index contributed by atoms with van der Waals surface area (Å²) in [6.45, 7) is 0. The number of phenolic OH excluding ortho intramolecular Hbond substituents is 5. The quantitative estimate of drug-likeness (QED) is 0.194. The summed E-state index contributed by atoms with van der Waals surface area (Å²) in [5.74, 6) is -1.91. The van der Waals surface area contributed by atoms with Crippen LogP contribution in [0.1, 0.15) is 34.6 Å². The first-order chi connectivity index (χ1) is 14.3. The molecule has 1 atom stereocenters. The molecule has 1 heterocycles. The molecular formula is C23H18O7. The molecule has 0 saturated heterocycles. The summed E-state index contributed by atoms with van der Waals surface area (Å²) in [5, 5.41) is 48.7. The Morgan fingerprint density at radius 3 is 2.20 bits per heavy atom. The number of hydrogen-bond donors (Lipinski definition) is 5. The number of aromatic hydroxyl groups is 5. The Hall–Kier alpha value is -4.13. The molecule has 0 bridgehead atoms. The van der Waals surface area contributed by atoms with Crippen LogP contribution >= 0.6 is 0 Å². The lowest BCUT2D eigenvalue weighted by molar-refractivity contribution is -0.135. The molecule has 1 aliphatic heterocycles. The van der Waals surface area contributed by atoms with Crippen LogP contribution in [0.15, 0.2) is 48.5 Å². The van der Waals surface area contributed by atoms with Crippen molar-refractivity contribution in [3.8, 4) is 34.5 Å². The molecule has 1 unspecified atom stereocenters. The Labute approximate surface area is 171 Å². The van der Waals surface area contributed by atoms with E-state index in [1.807, 2.05) is 0 Å². The molecule has 0 fully saturated rings. The third-order valence-electron chi connectivity index (χ3n) is 4.96. The van der Waals surface area contributed by atoms with Crippen LogP contribution < -0.4 is 4.74 Å². The minimum Gasteiger partial charge on any atom is -0.508 e. The minimum atomic E-state index is -0.482. The molecule has 0 aliphatic carbocycles. The van der Waals surface area contributed by atoms with Crippen molar-refractivity contribution >= 4 is 18.1 Å². The molecule has 5 N–H and O–H groups in total. The van der Waals surface area contributed by atoms with Crippen molar-refractivity contribution in [2.24, 2.45) is 0 Å². The zero-order valence-corrected chi connectivity index (χ0v) is 15.6. The predicted molar refractivity (Wildman–Crippen MR) is 109 cm³/mol. The lowest BCUT2D eigenvalue weighted by Gasteiger charge is -2.27. The van der Waals surface area contributed by atoms with Crippen LogP contribution in [0.2, 0.25) is 0 Å². The van der Waals surface area contributed by atoms with Gasteiger partial charge in [0, 0.05) is 17.5 Å². The number of carbonyl (C=O) groups excluding carboxylic acids is 1. The number of carbonyl (C=O) groups is 1. The largest absolute Gasteiger partial charge is 0.508 e. The molecular weight excluding hydrogens is 388 g/mol. The summed E-state index contributed by atoms with van der Waals surface area (Å²) in [6.07, 6.45) is 3.38. The van der Waals surface area contributed by atoms with Gasteiger partial charge in [0.25, 0.3) is 0 Å². The number of rotatable bonds is 3. The first-order valence-corrected chi connectivity index (χ1v) is 9.11. The molecule has 7 nitrogen and oxygen atoms in total. The maximum Gasteiger partial charge on any atom is 0.312 e. The molecule has 0 spiro atoms. The fourth-order valence-electron chi connectivity index (χ4n) is 3.53. The highest BCUT2D eigenvalue weighted by molar-refractivity contribution is 5.82. The van der Waals surface area contributed by atoms with Crippen molar-refractivity contribution in [3.05, 3.63) is 70.8 Å². The van der Waals surface area contributed by atoms with Crippen LogP contribution in [0, 0.1) is 0 Å². The average Bonchev–Trinajstić information content (AvgIpc) is 2.69. The Morgan fingerprint density at radius 2 is 1.50 bits per heavy atom. The number of phenols is 5. The second-order valence-corrected chi connectivity index (χ2v) is 7.01. The van der Waals surface area contributed by atoms with Gasteiger partial charge in [0.2, 0.25) is 0 Å². The van der Waals surface area contributed by atoms with Crippen LogP contribution in [-0.2, 0) is 4.79 Å². The van der Waals surface area contributed by atoms with E-state index in [1.165, 1.54) is 36.4 Å². The highest BCUT2D eigenvalue weighted by Gasteiger charge is 2.31. The van der Waals surface area contributed by atoms with Gasteiger partial charge in [-0.25, -0.2) is 0 Å². The SMILES string of the molecule is O=C1CC(c2ccc(O)c(O)c2)c2c(/C=C/c3ccc(O)c(O)c3)cc(O)cc2O1. The summed E-state index contributed by atoms with van der Waals surface area (Å²) in [5.41, 5.74) is 2.42. The molecule has 152 valence electrons. The molecule has 0 radical (unpaired) electrons. The molecule has 0 aromatic heterocycles. The third kappa shape index (κ3) is 3.60. The lowest BCUT2D eigenvalue weighted by atomic mass is 9.83. The average molecular weight is 406 g/mol. The van der Waals surface area contributed by atoms with Crippen LogP contribution in [-0.4, -0.2) is 31.5 Å². The number of ether oxygens (including phenoxy) is 1. The van der Waals surface area contributed by atoms with E-state index in [9.17, 15) is 30.3 Å². The second-order valence-electron chi connectivity index (χ2n) is 7.01. The van der Waals surface area contributed by atoms with Crippen molar-refractivity contribution in [2.45, 2.75) is 12.3 Å². The molecule has 7 heteroatoms. The minimum absolute atomic E-state index is 0.0167. The molecule has 0 amide bonds. The fraction of sp³-hybridized carbons (Fsp3) is 0.0870. The van der Waals surface area contributed by atoms with Gasteiger partial charge in [0.1, 0.15) is 11.5 Å². The van der Waals surface area contributed by atoms with Crippen LogP contribution in [0.3, 0.4) is 0 Å². The van der Waals surface area contributed by atoms with E-state index in [0.29, 0.717) is 22.3 Å². The van der Waals surface area contributed by atoms with Gasteiger partial charge < -0.3 is 30.3 Å². The maximum absolute atomic E-state index is 12.1. The summed E-state index contributed by atoms with van der Waals surface area (Å²) < 4.78 is 5.33. The normalized spacial score (nSPS) is 15.7. The van der Waals surface area contributed by atoms with E-state index >= 15 is 0 Å². The van der Waals surface area contributed by atoms with E-state index in [4.69, 9.17) is 4.74 Å². The van der Waals surface area contributed by atoms with Crippen LogP contribution in [0.5, 0.6) is 34.5 Å². The van der Waals surface area contributed by atoms with E-state index in [1.54, 1.807) is 24.3 Å². The maximum atomic E-state index is 12.1. The Morgan fingerprint density at radius 1 is 0.800 bits per heavy atom. The Balaban J connectivity index is 1.82. The summed E-state index contributed by atoms with van der Waals surface area (Å²) in [7, 11) is 0. The third-order valence-corrected chi connectivity index (χ3v) is 4.96. The van der Waals surface area contributed by atoms with E-state index < -0.39 is 11.9 Å². The summed E-state index contributed by atoms with van der Waals surface area (Å²) in [4.78, 5) is 12.1. The van der Waals surface area contributed by atoms with Gasteiger partial charge in [-0.05, 0) is 47.0 Å². The summed E-state index contributed by atoms with van der Waals surface area (Å²) >= 11 is 0. The zero-order chi connectivity index (χ0) is 21.4. The summed E-state index contributed by atoms with van der Waals surface area (Å²) in [6, 6.07) is 11.6. The number of fused-ring (bicyclic) bond motifs is 1. The molecule has 3 aromatic rings. The van der Waals surface area contributed by atoms with Gasteiger partial charge in [-0.2, -0.15) is 0 Å². The van der Waals surface area contributed by atoms with Crippen LogP contribution in [0.4, 0.5) is 0 Å². The predicted octanol–water partition coefficient (Wildman–Crippen LogP) is 3.83. The first kappa shape index (κ1) is 19.2. The standard InChI is InChI=1S/C23H18O7/c24-15-8-14(3-1-12-2-5-17(25)19(27)7-12)23-16(11-22(29)30-21(23)10-15)13-4-6-18(26)20(28)9-13/h1-10,16,24-28H,11H2/b3-1+. The topological polar surface area (TPSA) is 127 Å². The number of benzene rings is 3. The van der Waals surface area contributed by atoms with Gasteiger partial charge >= 0.3 is 5.97 Å². The first-order valence-electron chi connectivity index (χ1n) is 9.11. The second kappa shape index (κ2) is 7.36. The molecule has 1 aliphatic rings. The molecule has 0 saturated carbocycles.